The summed E-state index contributed by atoms with van der Waals surface area (Å²) < 4.78 is 0. The van der Waals surface area contributed by atoms with Gasteiger partial charge >= 0.3 is 0 Å². The maximum Gasteiger partial charge on any atom is 0.250 e. The van der Waals surface area contributed by atoms with Crippen molar-refractivity contribution in [1.82, 2.24) is 4.98 Å². The molecule has 146 valence electrons. The minimum atomic E-state index is -0.287. The number of aromatic nitrogens is 1. The molecule has 0 atom stereocenters. The standard InChI is InChI=1S/C22H19N3O3S/c1-15(26)17-8-10-18(11-9-17)23-21(28)13-19-14-29-22(24-19)25-20(27)12-7-16-5-3-2-4-6-16/h2-12,14H,13H2,1H3,(H,23,28)(H,24,25,27)/b12-7+. The number of rotatable bonds is 7. The highest BCUT2D eigenvalue weighted by Gasteiger charge is 2.10. The molecular weight excluding hydrogens is 386 g/mol. The van der Waals surface area contributed by atoms with E-state index in [9.17, 15) is 14.4 Å². The summed E-state index contributed by atoms with van der Waals surface area (Å²) in [5, 5.41) is 7.61. The van der Waals surface area contributed by atoms with Crippen LogP contribution in [0.1, 0.15) is 28.5 Å². The van der Waals surface area contributed by atoms with Crippen molar-refractivity contribution in [1.29, 1.82) is 0 Å². The molecule has 1 aromatic heterocycles. The van der Waals surface area contributed by atoms with Gasteiger partial charge in [-0.2, -0.15) is 0 Å². The first-order valence-corrected chi connectivity index (χ1v) is 9.77. The molecule has 1 heterocycles. The van der Waals surface area contributed by atoms with Crippen LogP contribution in [-0.4, -0.2) is 22.6 Å². The molecular formula is C22H19N3O3S. The highest BCUT2D eigenvalue weighted by molar-refractivity contribution is 7.14. The SMILES string of the molecule is CC(=O)c1ccc(NC(=O)Cc2csc(NC(=O)/C=C/c3ccccc3)n2)cc1. The summed E-state index contributed by atoms with van der Waals surface area (Å²) >= 11 is 1.26. The van der Waals surface area contributed by atoms with Gasteiger partial charge in [-0.15, -0.1) is 11.3 Å². The second kappa shape index (κ2) is 9.57. The Balaban J connectivity index is 1.51. The summed E-state index contributed by atoms with van der Waals surface area (Å²) in [6.45, 7) is 1.49. The number of hydrogen-bond donors (Lipinski definition) is 2. The lowest BCUT2D eigenvalue weighted by atomic mass is 10.1. The maximum atomic E-state index is 12.2. The second-order valence-electron chi connectivity index (χ2n) is 6.24. The van der Waals surface area contributed by atoms with E-state index in [1.54, 1.807) is 35.7 Å². The summed E-state index contributed by atoms with van der Waals surface area (Å²) in [6.07, 6.45) is 3.24. The molecule has 0 bridgehead atoms. The van der Waals surface area contributed by atoms with E-state index in [1.165, 1.54) is 24.3 Å². The number of nitrogens with one attached hydrogen (secondary N) is 2. The molecule has 29 heavy (non-hydrogen) atoms. The van der Waals surface area contributed by atoms with Gasteiger partial charge in [0.05, 0.1) is 12.1 Å². The third-order valence-corrected chi connectivity index (χ3v) is 4.73. The number of anilines is 2. The number of benzene rings is 2. The fourth-order valence-corrected chi connectivity index (χ4v) is 3.20. The van der Waals surface area contributed by atoms with Gasteiger partial charge in [-0.05, 0) is 42.8 Å². The molecule has 0 aliphatic rings. The third kappa shape index (κ3) is 6.22. The fraction of sp³-hybridized carbons (Fsp3) is 0.0909. The van der Waals surface area contributed by atoms with Gasteiger partial charge in [0.15, 0.2) is 10.9 Å². The summed E-state index contributed by atoms with van der Waals surface area (Å²) in [7, 11) is 0. The number of thiazole rings is 1. The Morgan fingerprint density at radius 1 is 1.00 bits per heavy atom. The molecule has 0 saturated carbocycles. The highest BCUT2D eigenvalue weighted by Crippen LogP contribution is 2.17. The lowest BCUT2D eigenvalue weighted by molar-refractivity contribution is -0.115. The van der Waals surface area contributed by atoms with Crippen LogP contribution in [0.15, 0.2) is 66.1 Å². The number of hydrogen-bond acceptors (Lipinski definition) is 5. The van der Waals surface area contributed by atoms with Crippen LogP contribution >= 0.6 is 11.3 Å². The Morgan fingerprint density at radius 2 is 1.72 bits per heavy atom. The number of Topliss-reactive ketones (excluding diaryl/α,β-unsaturated/α-hetero) is 1. The molecule has 2 N–H and O–H groups in total. The van der Waals surface area contributed by atoms with E-state index in [2.05, 4.69) is 15.6 Å². The van der Waals surface area contributed by atoms with Crippen LogP contribution < -0.4 is 10.6 Å². The largest absolute Gasteiger partial charge is 0.326 e. The van der Waals surface area contributed by atoms with Crippen molar-refractivity contribution in [2.24, 2.45) is 0 Å². The number of carbonyl (C=O) groups excluding carboxylic acids is 3. The third-order valence-electron chi connectivity index (χ3n) is 3.93. The summed E-state index contributed by atoms with van der Waals surface area (Å²) in [4.78, 5) is 39.7. The average molecular weight is 405 g/mol. The maximum absolute atomic E-state index is 12.2. The minimum absolute atomic E-state index is 0.0291. The molecule has 3 aromatic rings. The molecule has 0 radical (unpaired) electrons. The van der Waals surface area contributed by atoms with E-state index in [4.69, 9.17) is 0 Å². The molecule has 0 saturated heterocycles. The quantitative estimate of drug-likeness (QED) is 0.456. The zero-order valence-electron chi connectivity index (χ0n) is 15.7. The van der Waals surface area contributed by atoms with Crippen molar-refractivity contribution >= 4 is 45.8 Å². The van der Waals surface area contributed by atoms with Gasteiger partial charge in [0.25, 0.3) is 0 Å². The van der Waals surface area contributed by atoms with Crippen molar-refractivity contribution in [3.8, 4) is 0 Å². The Morgan fingerprint density at radius 3 is 2.41 bits per heavy atom. The van der Waals surface area contributed by atoms with E-state index >= 15 is 0 Å². The van der Waals surface area contributed by atoms with Crippen LogP contribution in [0.2, 0.25) is 0 Å². The van der Waals surface area contributed by atoms with Crippen molar-refractivity contribution in [2.75, 3.05) is 10.6 Å². The van der Waals surface area contributed by atoms with Gasteiger partial charge in [-0.25, -0.2) is 4.98 Å². The number of amides is 2. The van der Waals surface area contributed by atoms with Crippen molar-refractivity contribution in [3.05, 3.63) is 82.9 Å². The lowest BCUT2D eigenvalue weighted by Crippen LogP contribution is -2.15. The normalized spacial score (nSPS) is 10.7. The predicted molar refractivity (Wildman–Crippen MR) is 115 cm³/mol. The van der Waals surface area contributed by atoms with Crippen molar-refractivity contribution in [2.45, 2.75) is 13.3 Å². The Labute approximate surface area is 172 Å². The van der Waals surface area contributed by atoms with Crippen LogP contribution in [-0.2, 0) is 16.0 Å². The van der Waals surface area contributed by atoms with Crippen LogP contribution in [0.5, 0.6) is 0 Å². The van der Waals surface area contributed by atoms with Gasteiger partial charge < -0.3 is 5.32 Å². The molecule has 0 aliphatic carbocycles. The van der Waals surface area contributed by atoms with E-state index in [0.717, 1.165) is 5.56 Å². The Hall–Kier alpha value is -3.58. The average Bonchev–Trinajstić information content (AvgIpc) is 3.14. The second-order valence-corrected chi connectivity index (χ2v) is 7.09. The first kappa shape index (κ1) is 20.2. The van der Waals surface area contributed by atoms with Crippen LogP contribution in [0.25, 0.3) is 6.08 Å². The molecule has 0 fully saturated rings. The van der Waals surface area contributed by atoms with E-state index in [-0.39, 0.29) is 24.0 Å². The molecule has 0 spiro atoms. The molecule has 2 amide bonds. The Bertz CT molecular complexity index is 1040. The summed E-state index contributed by atoms with van der Waals surface area (Å²) in [6, 6.07) is 16.2. The first-order chi connectivity index (χ1) is 14.0. The molecule has 7 heteroatoms. The zero-order chi connectivity index (χ0) is 20.6. The first-order valence-electron chi connectivity index (χ1n) is 8.89. The van der Waals surface area contributed by atoms with E-state index < -0.39 is 0 Å². The zero-order valence-corrected chi connectivity index (χ0v) is 16.5. The molecule has 0 aliphatic heterocycles. The van der Waals surface area contributed by atoms with Crippen LogP contribution in [0.3, 0.4) is 0 Å². The summed E-state index contributed by atoms with van der Waals surface area (Å²) in [5.41, 5.74) is 2.68. The van der Waals surface area contributed by atoms with Gasteiger partial charge in [0.2, 0.25) is 11.8 Å². The van der Waals surface area contributed by atoms with Crippen molar-refractivity contribution in [3.63, 3.8) is 0 Å². The monoisotopic (exact) mass is 405 g/mol. The van der Waals surface area contributed by atoms with Gasteiger partial charge in [0, 0.05) is 22.7 Å². The topological polar surface area (TPSA) is 88.2 Å². The van der Waals surface area contributed by atoms with Crippen LogP contribution in [0.4, 0.5) is 10.8 Å². The van der Waals surface area contributed by atoms with E-state index in [0.29, 0.717) is 22.1 Å². The van der Waals surface area contributed by atoms with Crippen LogP contribution in [0, 0.1) is 0 Å². The van der Waals surface area contributed by atoms with E-state index in [1.807, 2.05) is 30.3 Å². The molecule has 3 rings (SSSR count). The minimum Gasteiger partial charge on any atom is -0.326 e. The van der Waals surface area contributed by atoms with Crippen molar-refractivity contribution < 1.29 is 14.4 Å². The highest BCUT2D eigenvalue weighted by atomic mass is 32.1. The molecule has 0 unspecified atom stereocenters. The Kier molecular flexibility index (Phi) is 6.65. The smallest absolute Gasteiger partial charge is 0.250 e. The predicted octanol–water partition coefficient (Wildman–Crippen LogP) is 4.18. The molecule has 6 nitrogen and oxygen atoms in total. The number of carbonyl (C=O) groups is 3. The molecule has 2 aromatic carbocycles. The number of nitrogens with zero attached hydrogens (tertiary/aromatic N) is 1. The van der Waals surface area contributed by atoms with Gasteiger partial charge in [0.1, 0.15) is 0 Å². The lowest BCUT2D eigenvalue weighted by Gasteiger charge is -2.04. The van der Waals surface area contributed by atoms with Gasteiger partial charge in [-0.3, -0.25) is 19.7 Å². The van der Waals surface area contributed by atoms with Gasteiger partial charge in [-0.1, -0.05) is 30.3 Å². The number of ketones is 1. The fourth-order valence-electron chi connectivity index (χ4n) is 2.49. The summed E-state index contributed by atoms with van der Waals surface area (Å²) in [5.74, 6) is -0.545.